The fraction of sp³-hybridized carbons (Fsp3) is 0.438. The number of nitrogens with two attached hydrogens (primary N) is 1. The minimum atomic E-state index is 0.432. The van der Waals surface area contributed by atoms with Gasteiger partial charge in [-0.25, -0.2) is 0 Å². The number of hydrogen-bond acceptors (Lipinski definition) is 4. The van der Waals surface area contributed by atoms with Crippen LogP contribution in [0.25, 0.3) is 10.9 Å². The van der Waals surface area contributed by atoms with Gasteiger partial charge in [0.05, 0.1) is 11.2 Å². The number of aromatic nitrogens is 1. The van der Waals surface area contributed by atoms with E-state index in [0.29, 0.717) is 12.6 Å². The lowest BCUT2D eigenvalue weighted by atomic mass is 10.1. The van der Waals surface area contributed by atoms with Crippen molar-refractivity contribution in [1.29, 1.82) is 0 Å². The summed E-state index contributed by atoms with van der Waals surface area (Å²) in [5.74, 6) is 0. The molecule has 1 aliphatic heterocycles. The van der Waals surface area contributed by atoms with Crippen LogP contribution in [-0.2, 0) is 6.54 Å². The van der Waals surface area contributed by atoms with Gasteiger partial charge in [0.25, 0.3) is 0 Å². The molecule has 1 aliphatic rings. The van der Waals surface area contributed by atoms with Crippen LogP contribution in [0.2, 0.25) is 0 Å². The smallest absolute Gasteiger partial charge is 0.0705 e. The summed E-state index contributed by atoms with van der Waals surface area (Å²) >= 11 is 0. The van der Waals surface area contributed by atoms with Crippen LogP contribution in [0.15, 0.2) is 36.4 Å². The summed E-state index contributed by atoms with van der Waals surface area (Å²) in [7, 11) is 2.16. The van der Waals surface area contributed by atoms with E-state index < -0.39 is 0 Å². The Morgan fingerprint density at radius 3 is 2.90 bits per heavy atom. The van der Waals surface area contributed by atoms with E-state index in [1.165, 1.54) is 5.39 Å². The van der Waals surface area contributed by atoms with Crippen molar-refractivity contribution in [2.45, 2.75) is 12.6 Å². The van der Waals surface area contributed by atoms with Crippen LogP contribution in [0.3, 0.4) is 0 Å². The maximum absolute atomic E-state index is 5.91. The summed E-state index contributed by atoms with van der Waals surface area (Å²) in [4.78, 5) is 9.57. The second-order valence-electron chi connectivity index (χ2n) is 5.62. The number of hydrogen-bond donors (Lipinski definition) is 1. The van der Waals surface area contributed by atoms with Gasteiger partial charge in [-0.1, -0.05) is 24.3 Å². The average molecular weight is 270 g/mol. The molecule has 106 valence electrons. The van der Waals surface area contributed by atoms with Gasteiger partial charge in [0, 0.05) is 44.2 Å². The van der Waals surface area contributed by atoms with Crippen LogP contribution in [0.4, 0.5) is 0 Å². The minimum absolute atomic E-state index is 0.432. The molecule has 0 saturated carbocycles. The van der Waals surface area contributed by atoms with Crippen molar-refractivity contribution in [1.82, 2.24) is 14.8 Å². The quantitative estimate of drug-likeness (QED) is 0.913. The van der Waals surface area contributed by atoms with Gasteiger partial charge in [0.15, 0.2) is 0 Å². The molecule has 1 unspecified atom stereocenters. The third-order valence-corrected chi connectivity index (χ3v) is 4.10. The number of benzene rings is 1. The normalized spacial score (nSPS) is 21.4. The number of nitrogens with zero attached hydrogens (tertiary/aromatic N) is 3. The molecule has 0 amide bonds. The van der Waals surface area contributed by atoms with E-state index >= 15 is 0 Å². The lowest BCUT2D eigenvalue weighted by Crippen LogP contribution is -2.54. The van der Waals surface area contributed by atoms with E-state index in [4.69, 9.17) is 10.7 Å². The van der Waals surface area contributed by atoms with Gasteiger partial charge in [0.2, 0.25) is 0 Å². The Hall–Kier alpha value is -1.49. The number of rotatable bonds is 3. The largest absolute Gasteiger partial charge is 0.329 e. The predicted octanol–water partition coefficient (Wildman–Crippen LogP) is 1.31. The van der Waals surface area contributed by atoms with Crippen LogP contribution in [-0.4, -0.2) is 54.1 Å². The topological polar surface area (TPSA) is 45.4 Å². The first kappa shape index (κ1) is 13.5. The molecule has 1 aromatic heterocycles. The summed E-state index contributed by atoms with van der Waals surface area (Å²) < 4.78 is 0. The molecule has 0 spiro atoms. The molecule has 2 heterocycles. The molecule has 4 nitrogen and oxygen atoms in total. The fourth-order valence-corrected chi connectivity index (χ4v) is 2.88. The summed E-state index contributed by atoms with van der Waals surface area (Å²) in [6.45, 7) is 4.81. The predicted molar refractivity (Wildman–Crippen MR) is 82.5 cm³/mol. The molecule has 2 aromatic rings. The van der Waals surface area contributed by atoms with Crippen molar-refractivity contribution >= 4 is 10.9 Å². The molecule has 4 heteroatoms. The molecule has 0 aliphatic carbocycles. The third-order valence-electron chi connectivity index (χ3n) is 4.10. The lowest BCUT2D eigenvalue weighted by Gasteiger charge is -2.39. The van der Waals surface area contributed by atoms with Gasteiger partial charge in [-0.15, -0.1) is 0 Å². The van der Waals surface area contributed by atoms with Crippen LogP contribution in [0, 0.1) is 0 Å². The summed E-state index contributed by atoms with van der Waals surface area (Å²) in [5, 5.41) is 1.20. The number of pyridine rings is 1. The second kappa shape index (κ2) is 5.87. The Labute approximate surface area is 120 Å². The zero-order valence-electron chi connectivity index (χ0n) is 12.0. The van der Waals surface area contributed by atoms with Crippen molar-refractivity contribution < 1.29 is 0 Å². The molecular formula is C16H22N4. The molecule has 2 N–H and O–H groups in total. The Bertz CT molecular complexity index is 583. The standard InChI is InChI=1S/C16H22N4/c1-19-8-9-20(15(10-17)12-19)11-14-7-6-13-4-2-3-5-16(13)18-14/h2-7,15H,8-12,17H2,1H3. The number of likely N-dealkylation sites (N-methyl/N-ethyl adjacent to an activating group) is 1. The van der Waals surface area contributed by atoms with E-state index in [2.05, 4.69) is 47.2 Å². The van der Waals surface area contributed by atoms with Crippen LogP contribution in [0.5, 0.6) is 0 Å². The van der Waals surface area contributed by atoms with Gasteiger partial charge in [-0.2, -0.15) is 0 Å². The summed E-state index contributed by atoms with van der Waals surface area (Å²) in [6, 6.07) is 13.0. The number of fused-ring (bicyclic) bond motifs is 1. The van der Waals surface area contributed by atoms with Gasteiger partial charge in [-0.3, -0.25) is 9.88 Å². The molecule has 0 bridgehead atoms. The fourth-order valence-electron chi connectivity index (χ4n) is 2.88. The highest BCUT2D eigenvalue weighted by atomic mass is 15.3. The Morgan fingerprint density at radius 2 is 2.05 bits per heavy atom. The maximum atomic E-state index is 5.91. The molecule has 1 aromatic carbocycles. The summed E-state index contributed by atoms with van der Waals surface area (Å²) in [5.41, 5.74) is 8.12. The Balaban J connectivity index is 1.78. The lowest BCUT2D eigenvalue weighted by molar-refractivity contribution is 0.0871. The maximum Gasteiger partial charge on any atom is 0.0705 e. The van der Waals surface area contributed by atoms with Crippen LogP contribution in [0.1, 0.15) is 5.69 Å². The number of para-hydroxylation sites is 1. The zero-order valence-corrected chi connectivity index (χ0v) is 12.0. The van der Waals surface area contributed by atoms with Crippen molar-refractivity contribution in [2.75, 3.05) is 33.2 Å². The van der Waals surface area contributed by atoms with E-state index in [1.54, 1.807) is 0 Å². The molecule has 1 fully saturated rings. The van der Waals surface area contributed by atoms with Crippen LogP contribution >= 0.6 is 0 Å². The second-order valence-corrected chi connectivity index (χ2v) is 5.62. The first-order valence-electron chi connectivity index (χ1n) is 7.23. The first-order chi connectivity index (χ1) is 9.76. The van der Waals surface area contributed by atoms with Crippen molar-refractivity contribution in [3.05, 3.63) is 42.1 Å². The Morgan fingerprint density at radius 1 is 1.20 bits per heavy atom. The van der Waals surface area contributed by atoms with E-state index in [1.807, 2.05) is 6.07 Å². The van der Waals surface area contributed by atoms with Gasteiger partial charge in [-0.05, 0) is 19.2 Å². The van der Waals surface area contributed by atoms with E-state index in [9.17, 15) is 0 Å². The van der Waals surface area contributed by atoms with Crippen molar-refractivity contribution in [3.8, 4) is 0 Å². The monoisotopic (exact) mass is 270 g/mol. The highest BCUT2D eigenvalue weighted by molar-refractivity contribution is 5.78. The molecule has 0 radical (unpaired) electrons. The van der Waals surface area contributed by atoms with Gasteiger partial charge >= 0.3 is 0 Å². The Kier molecular flexibility index (Phi) is 3.96. The van der Waals surface area contributed by atoms with E-state index in [0.717, 1.165) is 37.4 Å². The minimum Gasteiger partial charge on any atom is -0.329 e. The number of piperazine rings is 1. The molecule has 1 saturated heterocycles. The average Bonchev–Trinajstić information content (AvgIpc) is 2.49. The van der Waals surface area contributed by atoms with Gasteiger partial charge < -0.3 is 10.6 Å². The molecule has 20 heavy (non-hydrogen) atoms. The van der Waals surface area contributed by atoms with Crippen molar-refractivity contribution in [3.63, 3.8) is 0 Å². The zero-order chi connectivity index (χ0) is 13.9. The van der Waals surface area contributed by atoms with E-state index in [-0.39, 0.29) is 0 Å². The highest BCUT2D eigenvalue weighted by Crippen LogP contribution is 2.15. The van der Waals surface area contributed by atoms with Gasteiger partial charge in [0.1, 0.15) is 0 Å². The molecule has 3 rings (SSSR count). The first-order valence-corrected chi connectivity index (χ1v) is 7.23. The molecule has 1 atom stereocenters. The van der Waals surface area contributed by atoms with Crippen LogP contribution < -0.4 is 5.73 Å². The SMILES string of the molecule is CN1CCN(Cc2ccc3ccccc3n2)C(CN)C1. The highest BCUT2D eigenvalue weighted by Gasteiger charge is 2.24. The third kappa shape index (κ3) is 2.82. The molecular weight excluding hydrogens is 248 g/mol. The summed E-state index contributed by atoms with van der Waals surface area (Å²) in [6.07, 6.45) is 0. The van der Waals surface area contributed by atoms with Crippen molar-refractivity contribution in [2.24, 2.45) is 5.73 Å².